The van der Waals surface area contributed by atoms with Crippen molar-refractivity contribution in [2.45, 2.75) is 51.9 Å². The van der Waals surface area contributed by atoms with Gasteiger partial charge in [0.25, 0.3) is 0 Å². The van der Waals surface area contributed by atoms with Gasteiger partial charge in [0, 0.05) is 24.9 Å². The van der Waals surface area contributed by atoms with Gasteiger partial charge in [0.05, 0.1) is 18.4 Å². The number of ether oxygens (including phenoxy) is 1. The second-order valence-electron chi connectivity index (χ2n) is 4.80. The lowest BCUT2D eigenvalue weighted by atomic mass is 9.78. The van der Waals surface area contributed by atoms with E-state index in [0.717, 1.165) is 38.0 Å². The molecule has 1 fully saturated rings. The molecule has 17 heavy (non-hydrogen) atoms. The van der Waals surface area contributed by atoms with E-state index < -0.39 is 0 Å². The molecule has 0 aliphatic heterocycles. The van der Waals surface area contributed by atoms with Crippen LogP contribution in [-0.4, -0.2) is 27.6 Å². The molecule has 1 aromatic heterocycles. The fraction of sp³-hybridized carbons (Fsp3) is 0.769. The summed E-state index contributed by atoms with van der Waals surface area (Å²) in [5, 5.41) is 14.3. The lowest BCUT2D eigenvalue weighted by Gasteiger charge is -2.35. The van der Waals surface area contributed by atoms with Gasteiger partial charge in [0.1, 0.15) is 0 Å². The van der Waals surface area contributed by atoms with E-state index in [2.05, 4.69) is 5.10 Å². The van der Waals surface area contributed by atoms with Crippen LogP contribution in [0.2, 0.25) is 0 Å². The highest BCUT2D eigenvalue weighted by atomic mass is 16.5. The molecular formula is C13H22N2O2. The lowest BCUT2D eigenvalue weighted by molar-refractivity contribution is -0.0380. The summed E-state index contributed by atoms with van der Waals surface area (Å²) in [6, 6.07) is 0. The fourth-order valence-corrected chi connectivity index (χ4v) is 2.42. The predicted molar refractivity (Wildman–Crippen MR) is 65.6 cm³/mol. The fourth-order valence-electron chi connectivity index (χ4n) is 2.42. The van der Waals surface area contributed by atoms with E-state index in [9.17, 15) is 5.11 Å². The molecule has 0 aromatic carbocycles. The van der Waals surface area contributed by atoms with Crippen LogP contribution in [0, 0.1) is 5.92 Å². The van der Waals surface area contributed by atoms with Crippen molar-refractivity contribution in [3.05, 3.63) is 18.0 Å². The van der Waals surface area contributed by atoms with E-state index in [1.54, 1.807) is 6.20 Å². The zero-order chi connectivity index (χ0) is 12.3. The number of hydrogen-bond acceptors (Lipinski definition) is 3. The molecule has 4 nitrogen and oxygen atoms in total. The van der Waals surface area contributed by atoms with Crippen LogP contribution in [0.25, 0.3) is 0 Å². The topological polar surface area (TPSA) is 47.3 Å². The average Bonchev–Trinajstić information content (AvgIpc) is 2.74. The molecule has 96 valence electrons. The molecule has 1 aliphatic rings. The van der Waals surface area contributed by atoms with E-state index >= 15 is 0 Å². The first-order valence-corrected chi connectivity index (χ1v) is 6.54. The summed E-state index contributed by atoms with van der Waals surface area (Å²) in [7, 11) is 0. The highest BCUT2D eigenvalue weighted by Crippen LogP contribution is 2.36. The molecule has 2 rings (SSSR count). The maximum Gasteiger partial charge on any atom is 0.0823 e. The van der Waals surface area contributed by atoms with Gasteiger partial charge in [-0.05, 0) is 39.0 Å². The molecule has 4 heteroatoms. The van der Waals surface area contributed by atoms with Gasteiger partial charge in [-0.1, -0.05) is 0 Å². The maximum absolute atomic E-state index is 10.1. The molecule has 1 saturated carbocycles. The summed E-state index contributed by atoms with van der Waals surface area (Å²) in [6.45, 7) is 5.72. The van der Waals surface area contributed by atoms with Crippen molar-refractivity contribution in [3.63, 3.8) is 0 Å². The van der Waals surface area contributed by atoms with Gasteiger partial charge >= 0.3 is 0 Å². The third-order valence-electron chi connectivity index (χ3n) is 3.51. The Morgan fingerprint density at radius 2 is 2.29 bits per heavy atom. The van der Waals surface area contributed by atoms with Crippen molar-refractivity contribution in [1.82, 2.24) is 9.78 Å². The number of nitrogens with zero attached hydrogens (tertiary/aromatic N) is 2. The second kappa shape index (κ2) is 5.65. The standard InChI is InChI=1S/C13H22N2O2/c1-3-15-9-11(8-14-15)13(16)7-10-5-12(6-10)17-4-2/h8-10,12-13,16H,3-7H2,1-2H3. The summed E-state index contributed by atoms with van der Waals surface area (Å²) < 4.78 is 7.37. The lowest BCUT2D eigenvalue weighted by Crippen LogP contribution is -2.32. The normalized spacial score (nSPS) is 25.6. The van der Waals surface area contributed by atoms with E-state index in [0.29, 0.717) is 12.0 Å². The zero-order valence-electron chi connectivity index (χ0n) is 10.7. The van der Waals surface area contributed by atoms with Crippen molar-refractivity contribution in [2.24, 2.45) is 5.92 Å². The van der Waals surface area contributed by atoms with Crippen molar-refractivity contribution in [2.75, 3.05) is 6.61 Å². The minimum Gasteiger partial charge on any atom is -0.388 e. The third-order valence-corrected chi connectivity index (χ3v) is 3.51. The van der Waals surface area contributed by atoms with Gasteiger partial charge in [-0.25, -0.2) is 0 Å². The molecule has 0 bridgehead atoms. The zero-order valence-corrected chi connectivity index (χ0v) is 10.7. The predicted octanol–water partition coefficient (Wildman–Crippen LogP) is 2.14. The first-order chi connectivity index (χ1) is 8.22. The van der Waals surface area contributed by atoms with Crippen molar-refractivity contribution >= 4 is 0 Å². The molecule has 0 saturated heterocycles. The molecule has 1 aromatic rings. The number of aryl methyl sites for hydroxylation is 1. The van der Waals surface area contributed by atoms with Gasteiger partial charge in [-0.3, -0.25) is 4.68 Å². The molecule has 1 atom stereocenters. The summed E-state index contributed by atoms with van der Waals surface area (Å²) >= 11 is 0. The van der Waals surface area contributed by atoms with Gasteiger partial charge in [-0.15, -0.1) is 0 Å². The first kappa shape index (κ1) is 12.6. The summed E-state index contributed by atoms with van der Waals surface area (Å²) in [5.74, 6) is 0.603. The molecule has 0 radical (unpaired) electrons. The van der Waals surface area contributed by atoms with E-state index in [-0.39, 0.29) is 6.10 Å². The van der Waals surface area contributed by atoms with Gasteiger partial charge in [0.15, 0.2) is 0 Å². The van der Waals surface area contributed by atoms with Gasteiger partial charge < -0.3 is 9.84 Å². The average molecular weight is 238 g/mol. The molecule has 1 aliphatic carbocycles. The van der Waals surface area contributed by atoms with Crippen LogP contribution >= 0.6 is 0 Å². The third kappa shape index (κ3) is 3.07. The smallest absolute Gasteiger partial charge is 0.0823 e. The van der Waals surface area contributed by atoms with Crippen LogP contribution in [0.4, 0.5) is 0 Å². The van der Waals surface area contributed by atoms with Crippen LogP contribution in [0.3, 0.4) is 0 Å². The number of rotatable bonds is 6. The molecule has 1 N–H and O–H groups in total. The van der Waals surface area contributed by atoms with Crippen LogP contribution in [0.1, 0.15) is 44.8 Å². The van der Waals surface area contributed by atoms with Crippen molar-refractivity contribution < 1.29 is 9.84 Å². The van der Waals surface area contributed by atoms with E-state index in [1.807, 2.05) is 24.7 Å². The number of aliphatic hydroxyl groups is 1. The molecular weight excluding hydrogens is 216 g/mol. The minimum absolute atomic E-state index is 0.372. The summed E-state index contributed by atoms with van der Waals surface area (Å²) in [6.07, 6.45) is 6.77. The highest BCUT2D eigenvalue weighted by Gasteiger charge is 2.31. The highest BCUT2D eigenvalue weighted by molar-refractivity contribution is 5.08. The summed E-state index contributed by atoms with van der Waals surface area (Å²) in [4.78, 5) is 0. The summed E-state index contributed by atoms with van der Waals surface area (Å²) in [5.41, 5.74) is 0.937. The van der Waals surface area contributed by atoms with Crippen LogP contribution < -0.4 is 0 Å². The molecule has 0 amide bonds. The Morgan fingerprint density at radius 3 is 2.88 bits per heavy atom. The number of aliphatic hydroxyl groups excluding tert-OH is 1. The Bertz CT molecular complexity index is 345. The van der Waals surface area contributed by atoms with Crippen molar-refractivity contribution in [1.29, 1.82) is 0 Å². The van der Waals surface area contributed by atoms with E-state index in [4.69, 9.17) is 4.74 Å². The van der Waals surface area contributed by atoms with E-state index in [1.165, 1.54) is 0 Å². The Kier molecular flexibility index (Phi) is 4.18. The Labute approximate surface area is 103 Å². The largest absolute Gasteiger partial charge is 0.388 e. The Hall–Kier alpha value is -0.870. The SMILES string of the molecule is CCOC1CC(CC(O)c2cnn(CC)c2)C1. The Morgan fingerprint density at radius 1 is 1.53 bits per heavy atom. The quantitative estimate of drug-likeness (QED) is 0.826. The molecule has 1 heterocycles. The number of hydrogen-bond donors (Lipinski definition) is 1. The minimum atomic E-state index is -0.372. The van der Waals surface area contributed by atoms with Crippen molar-refractivity contribution in [3.8, 4) is 0 Å². The van der Waals surface area contributed by atoms with Gasteiger partial charge in [0.2, 0.25) is 0 Å². The first-order valence-electron chi connectivity index (χ1n) is 6.54. The monoisotopic (exact) mass is 238 g/mol. The maximum atomic E-state index is 10.1. The Balaban J connectivity index is 1.76. The second-order valence-corrected chi connectivity index (χ2v) is 4.80. The molecule has 0 spiro atoms. The van der Waals surface area contributed by atoms with Crippen LogP contribution in [-0.2, 0) is 11.3 Å². The van der Waals surface area contributed by atoms with Crippen LogP contribution in [0.5, 0.6) is 0 Å². The number of aromatic nitrogens is 2. The molecule has 1 unspecified atom stereocenters. The van der Waals surface area contributed by atoms with Crippen LogP contribution in [0.15, 0.2) is 12.4 Å². The van der Waals surface area contributed by atoms with Gasteiger partial charge in [-0.2, -0.15) is 5.10 Å².